The molecule has 4 heteroatoms. The molecule has 1 nitrogen and oxygen atoms in total. The van der Waals surface area contributed by atoms with E-state index in [4.69, 9.17) is 11.6 Å². The second kappa shape index (κ2) is 5.24. The van der Waals surface area contributed by atoms with Gasteiger partial charge in [-0.1, -0.05) is 6.07 Å². The molecule has 18 heavy (non-hydrogen) atoms. The number of alkyl halides is 1. The molecule has 1 aliphatic rings. The zero-order valence-electron chi connectivity index (χ0n) is 9.83. The molecule has 2 heterocycles. The molecule has 0 aliphatic carbocycles. The summed E-state index contributed by atoms with van der Waals surface area (Å²) in [5.41, 5.74) is 3.89. The molecule has 0 fully saturated rings. The van der Waals surface area contributed by atoms with E-state index in [1.54, 1.807) is 4.88 Å². The fourth-order valence-electron chi connectivity index (χ4n) is 2.34. The van der Waals surface area contributed by atoms with Crippen molar-refractivity contribution in [1.82, 2.24) is 0 Å². The molecule has 0 unspecified atom stereocenters. The summed E-state index contributed by atoms with van der Waals surface area (Å²) < 4.78 is 1.14. The average molecular weight is 343 g/mol. The molecular formula is C14H13BrClNS. The van der Waals surface area contributed by atoms with Gasteiger partial charge in [-0.25, -0.2) is 0 Å². The Morgan fingerprint density at radius 3 is 3.00 bits per heavy atom. The van der Waals surface area contributed by atoms with E-state index in [0.29, 0.717) is 5.88 Å². The third kappa shape index (κ3) is 2.31. The Bertz CT molecular complexity index is 567. The summed E-state index contributed by atoms with van der Waals surface area (Å²) in [5.74, 6) is 0.563. The Balaban J connectivity index is 1.88. The van der Waals surface area contributed by atoms with Gasteiger partial charge >= 0.3 is 0 Å². The number of hydrogen-bond donors (Lipinski definition) is 0. The van der Waals surface area contributed by atoms with Gasteiger partial charge in [-0.3, -0.25) is 0 Å². The number of nitrogens with zero attached hydrogens (tertiary/aromatic N) is 1. The van der Waals surface area contributed by atoms with Crippen molar-refractivity contribution in [2.75, 3.05) is 11.4 Å². The number of hydrogen-bond acceptors (Lipinski definition) is 2. The average Bonchev–Trinajstić information content (AvgIpc) is 2.85. The summed E-state index contributed by atoms with van der Waals surface area (Å²) in [4.78, 5) is 3.97. The molecule has 0 atom stereocenters. The molecule has 1 aromatic carbocycles. The van der Waals surface area contributed by atoms with E-state index < -0.39 is 0 Å². The number of anilines is 1. The van der Waals surface area contributed by atoms with Crippen LogP contribution in [-0.2, 0) is 18.8 Å². The summed E-state index contributed by atoms with van der Waals surface area (Å²) in [6, 6.07) is 8.63. The third-order valence-corrected chi connectivity index (χ3v) is 5.28. The lowest BCUT2D eigenvalue weighted by Gasteiger charge is -2.30. The fourth-order valence-corrected chi connectivity index (χ4v) is 4.08. The normalized spacial score (nSPS) is 14.7. The molecule has 0 bridgehead atoms. The van der Waals surface area contributed by atoms with Crippen LogP contribution in [0.3, 0.4) is 0 Å². The highest BCUT2D eigenvalue weighted by molar-refractivity contribution is 9.10. The van der Waals surface area contributed by atoms with Gasteiger partial charge in [0.25, 0.3) is 0 Å². The first-order valence-corrected chi connectivity index (χ1v) is 8.13. The van der Waals surface area contributed by atoms with Crippen molar-refractivity contribution in [3.63, 3.8) is 0 Å². The van der Waals surface area contributed by atoms with E-state index in [1.807, 2.05) is 11.3 Å². The summed E-state index contributed by atoms with van der Waals surface area (Å²) in [5, 5.41) is 2.19. The van der Waals surface area contributed by atoms with Crippen molar-refractivity contribution in [2.24, 2.45) is 0 Å². The minimum atomic E-state index is 0.563. The smallest absolute Gasteiger partial charge is 0.0513 e. The molecule has 0 N–H and O–H groups in total. The van der Waals surface area contributed by atoms with E-state index in [-0.39, 0.29) is 0 Å². The summed E-state index contributed by atoms with van der Waals surface area (Å²) in [6.07, 6.45) is 1.15. The van der Waals surface area contributed by atoms with Gasteiger partial charge < -0.3 is 4.90 Å². The molecule has 0 saturated carbocycles. The molecule has 2 aromatic rings. The molecule has 3 rings (SSSR count). The first-order chi connectivity index (χ1) is 8.78. The van der Waals surface area contributed by atoms with Crippen LogP contribution in [0, 0.1) is 0 Å². The second-order valence-electron chi connectivity index (χ2n) is 4.46. The summed E-state index contributed by atoms with van der Waals surface area (Å²) >= 11 is 11.4. The topological polar surface area (TPSA) is 3.24 Å². The molecule has 0 saturated heterocycles. The van der Waals surface area contributed by atoms with Crippen LogP contribution in [-0.4, -0.2) is 6.54 Å². The highest BCUT2D eigenvalue weighted by atomic mass is 79.9. The molecule has 94 valence electrons. The van der Waals surface area contributed by atoms with Crippen molar-refractivity contribution < 1.29 is 0 Å². The van der Waals surface area contributed by atoms with Gasteiger partial charge in [-0.2, -0.15) is 0 Å². The van der Waals surface area contributed by atoms with Crippen molar-refractivity contribution in [3.05, 3.63) is 50.1 Å². The lowest BCUT2D eigenvalue weighted by Crippen LogP contribution is -2.29. The maximum atomic E-state index is 5.86. The van der Waals surface area contributed by atoms with Gasteiger partial charge in [-0.15, -0.1) is 22.9 Å². The number of thiophene rings is 1. The number of halogens is 2. The van der Waals surface area contributed by atoms with Crippen molar-refractivity contribution in [2.45, 2.75) is 18.8 Å². The van der Waals surface area contributed by atoms with Crippen LogP contribution in [0.4, 0.5) is 5.69 Å². The van der Waals surface area contributed by atoms with Gasteiger partial charge in [-0.05, 0) is 57.1 Å². The maximum Gasteiger partial charge on any atom is 0.0513 e. The van der Waals surface area contributed by atoms with Gasteiger partial charge in [0.2, 0.25) is 0 Å². The van der Waals surface area contributed by atoms with E-state index in [9.17, 15) is 0 Å². The van der Waals surface area contributed by atoms with E-state index in [0.717, 1.165) is 29.5 Å². The minimum absolute atomic E-state index is 0.563. The first kappa shape index (κ1) is 12.5. The van der Waals surface area contributed by atoms with Crippen LogP contribution in [0.15, 0.2) is 34.1 Å². The van der Waals surface area contributed by atoms with Crippen LogP contribution < -0.4 is 4.90 Å². The van der Waals surface area contributed by atoms with Crippen LogP contribution in [0.5, 0.6) is 0 Å². The van der Waals surface area contributed by atoms with E-state index in [1.165, 1.54) is 11.3 Å². The van der Waals surface area contributed by atoms with Gasteiger partial charge in [0.05, 0.1) is 5.69 Å². The Kier molecular flexibility index (Phi) is 3.64. The Morgan fingerprint density at radius 1 is 1.33 bits per heavy atom. The SMILES string of the molecule is ClCc1ccc(N2CCc3sccc3C2)c(Br)c1. The Morgan fingerprint density at radius 2 is 2.22 bits per heavy atom. The van der Waals surface area contributed by atoms with Gasteiger partial charge in [0, 0.05) is 28.3 Å². The standard InChI is InChI=1S/C14H13BrClNS/c15-12-7-10(8-16)1-2-13(12)17-5-3-14-11(9-17)4-6-18-14/h1-2,4,6-7H,3,5,8-9H2. The van der Waals surface area contributed by atoms with Crippen LogP contribution in [0.1, 0.15) is 16.0 Å². The number of benzene rings is 1. The van der Waals surface area contributed by atoms with E-state index >= 15 is 0 Å². The van der Waals surface area contributed by atoms with Crippen molar-refractivity contribution >= 4 is 44.6 Å². The quantitative estimate of drug-likeness (QED) is 0.708. The molecular weight excluding hydrogens is 330 g/mol. The third-order valence-electron chi connectivity index (χ3n) is 3.31. The zero-order valence-corrected chi connectivity index (χ0v) is 13.0. The Hall–Kier alpha value is -0.510. The lowest BCUT2D eigenvalue weighted by molar-refractivity contribution is 0.742. The van der Waals surface area contributed by atoms with Crippen molar-refractivity contribution in [1.29, 1.82) is 0 Å². The monoisotopic (exact) mass is 341 g/mol. The van der Waals surface area contributed by atoms with Crippen LogP contribution in [0.25, 0.3) is 0 Å². The molecule has 0 amide bonds. The molecule has 0 radical (unpaired) electrons. The maximum absolute atomic E-state index is 5.86. The second-order valence-corrected chi connectivity index (χ2v) is 6.58. The van der Waals surface area contributed by atoms with Gasteiger partial charge in [0.1, 0.15) is 0 Å². The highest BCUT2D eigenvalue weighted by Crippen LogP contribution is 2.33. The predicted molar refractivity (Wildman–Crippen MR) is 82.8 cm³/mol. The molecule has 0 spiro atoms. The molecule has 1 aliphatic heterocycles. The zero-order chi connectivity index (χ0) is 12.5. The summed E-state index contributed by atoms with van der Waals surface area (Å²) in [7, 11) is 0. The number of rotatable bonds is 2. The Labute approximate surface area is 125 Å². The van der Waals surface area contributed by atoms with Gasteiger partial charge in [0.15, 0.2) is 0 Å². The number of fused-ring (bicyclic) bond motifs is 1. The van der Waals surface area contributed by atoms with Crippen LogP contribution >= 0.6 is 38.9 Å². The minimum Gasteiger partial charge on any atom is -0.366 e. The van der Waals surface area contributed by atoms with Crippen LogP contribution in [0.2, 0.25) is 0 Å². The first-order valence-electron chi connectivity index (χ1n) is 5.92. The lowest BCUT2D eigenvalue weighted by atomic mass is 10.1. The fraction of sp³-hybridized carbons (Fsp3) is 0.286. The predicted octanol–water partition coefficient (Wildman–Crippen LogP) is 4.81. The highest BCUT2D eigenvalue weighted by Gasteiger charge is 2.19. The summed E-state index contributed by atoms with van der Waals surface area (Å²) in [6.45, 7) is 2.10. The van der Waals surface area contributed by atoms with Crippen molar-refractivity contribution in [3.8, 4) is 0 Å². The van der Waals surface area contributed by atoms with E-state index in [2.05, 4.69) is 50.5 Å². The molecule has 1 aromatic heterocycles. The largest absolute Gasteiger partial charge is 0.366 e.